The Labute approximate surface area is 123 Å². The van der Waals surface area contributed by atoms with Crippen molar-refractivity contribution in [3.63, 3.8) is 0 Å². The summed E-state index contributed by atoms with van der Waals surface area (Å²) in [4.78, 5) is 12.0. The SMILES string of the molecule is Cc1cc(Cl)cc(C(=O)NCC(O)c2ccccc2)c1. The molecule has 0 bridgehead atoms. The van der Waals surface area contributed by atoms with E-state index in [2.05, 4.69) is 5.32 Å². The molecule has 1 atom stereocenters. The number of halogens is 1. The lowest BCUT2D eigenvalue weighted by Crippen LogP contribution is -2.28. The summed E-state index contributed by atoms with van der Waals surface area (Å²) >= 11 is 5.92. The van der Waals surface area contributed by atoms with Gasteiger partial charge in [0, 0.05) is 17.1 Å². The predicted molar refractivity (Wildman–Crippen MR) is 79.9 cm³/mol. The third-order valence-corrected chi connectivity index (χ3v) is 3.16. The van der Waals surface area contributed by atoms with Crippen LogP contribution in [0.2, 0.25) is 5.02 Å². The van der Waals surface area contributed by atoms with Crippen molar-refractivity contribution in [3.05, 3.63) is 70.2 Å². The number of aryl methyl sites for hydroxylation is 1. The molecule has 2 rings (SSSR count). The Morgan fingerprint density at radius 3 is 2.60 bits per heavy atom. The third kappa shape index (κ3) is 3.83. The van der Waals surface area contributed by atoms with Crippen LogP contribution in [-0.2, 0) is 0 Å². The second-order valence-corrected chi connectivity index (χ2v) is 5.09. The van der Waals surface area contributed by atoms with Gasteiger partial charge in [-0.2, -0.15) is 0 Å². The van der Waals surface area contributed by atoms with E-state index in [0.717, 1.165) is 11.1 Å². The van der Waals surface area contributed by atoms with Gasteiger partial charge in [-0.3, -0.25) is 4.79 Å². The van der Waals surface area contributed by atoms with Crippen molar-refractivity contribution in [2.24, 2.45) is 0 Å². The smallest absolute Gasteiger partial charge is 0.251 e. The molecule has 2 aromatic carbocycles. The standard InChI is InChI=1S/C16H16ClNO2/c1-11-7-13(9-14(17)8-11)16(20)18-10-15(19)12-5-3-2-4-6-12/h2-9,15,19H,10H2,1H3,(H,18,20). The van der Waals surface area contributed by atoms with E-state index in [4.69, 9.17) is 11.6 Å². The number of amides is 1. The molecule has 0 aromatic heterocycles. The van der Waals surface area contributed by atoms with Crippen LogP contribution >= 0.6 is 11.6 Å². The highest BCUT2D eigenvalue weighted by atomic mass is 35.5. The number of hydrogen-bond acceptors (Lipinski definition) is 2. The highest BCUT2D eigenvalue weighted by molar-refractivity contribution is 6.31. The molecular weight excluding hydrogens is 274 g/mol. The monoisotopic (exact) mass is 289 g/mol. The highest BCUT2D eigenvalue weighted by Gasteiger charge is 2.11. The van der Waals surface area contributed by atoms with Gasteiger partial charge >= 0.3 is 0 Å². The van der Waals surface area contributed by atoms with Crippen molar-refractivity contribution in [1.29, 1.82) is 0 Å². The van der Waals surface area contributed by atoms with Gasteiger partial charge in [-0.05, 0) is 36.2 Å². The Morgan fingerprint density at radius 1 is 1.25 bits per heavy atom. The summed E-state index contributed by atoms with van der Waals surface area (Å²) in [5.74, 6) is -0.245. The summed E-state index contributed by atoms with van der Waals surface area (Å²) in [7, 11) is 0. The molecule has 104 valence electrons. The van der Waals surface area contributed by atoms with Crippen LogP contribution in [0.25, 0.3) is 0 Å². The number of benzene rings is 2. The van der Waals surface area contributed by atoms with Crippen LogP contribution in [0.3, 0.4) is 0 Å². The molecule has 0 radical (unpaired) electrons. The van der Waals surface area contributed by atoms with E-state index < -0.39 is 6.10 Å². The van der Waals surface area contributed by atoms with Gasteiger partial charge in [-0.1, -0.05) is 41.9 Å². The molecule has 0 spiro atoms. The Hall–Kier alpha value is -1.84. The largest absolute Gasteiger partial charge is 0.387 e. The van der Waals surface area contributed by atoms with Crippen LogP contribution in [0.15, 0.2) is 48.5 Å². The summed E-state index contributed by atoms with van der Waals surface area (Å²) in [5.41, 5.74) is 2.19. The molecular formula is C16H16ClNO2. The lowest BCUT2D eigenvalue weighted by atomic mass is 10.1. The number of carbonyl (C=O) groups is 1. The maximum absolute atomic E-state index is 12.0. The minimum Gasteiger partial charge on any atom is -0.387 e. The van der Waals surface area contributed by atoms with Crippen molar-refractivity contribution in [2.75, 3.05) is 6.54 Å². The first-order valence-corrected chi connectivity index (χ1v) is 6.72. The molecule has 0 aliphatic carbocycles. The Balaban J connectivity index is 1.98. The van der Waals surface area contributed by atoms with E-state index in [1.54, 1.807) is 18.2 Å². The molecule has 0 saturated heterocycles. The maximum atomic E-state index is 12.0. The van der Waals surface area contributed by atoms with Crippen molar-refractivity contribution < 1.29 is 9.90 Å². The minimum atomic E-state index is -0.722. The van der Waals surface area contributed by atoms with E-state index in [0.29, 0.717) is 10.6 Å². The van der Waals surface area contributed by atoms with E-state index in [1.807, 2.05) is 37.3 Å². The normalized spacial score (nSPS) is 11.9. The zero-order valence-corrected chi connectivity index (χ0v) is 11.9. The first-order valence-electron chi connectivity index (χ1n) is 6.34. The van der Waals surface area contributed by atoms with E-state index in [1.165, 1.54) is 0 Å². The zero-order valence-electron chi connectivity index (χ0n) is 11.1. The quantitative estimate of drug-likeness (QED) is 0.908. The van der Waals surface area contributed by atoms with Crippen LogP contribution < -0.4 is 5.32 Å². The summed E-state index contributed by atoms with van der Waals surface area (Å²) in [5, 5.41) is 13.2. The zero-order chi connectivity index (χ0) is 14.5. The number of nitrogens with one attached hydrogen (secondary N) is 1. The summed E-state index contributed by atoms with van der Waals surface area (Å²) < 4.78 is 0. The second-order valence-electron chi connectivity index (χ2n) is 4.65. The molecule has 0 aliphatic heterocycles. The molecule has 1 unspecified atom stereocenters. The number of carbonyl (C=O) groups excluding carboxylic acids is 1. The maximum Gasteiger partial charge on any atom is 0.251 e. The van der Waals surface area contributed by atoms with Crippen molar-refractivity contribution in [1.82, 2.24) is 5.32 Å². The van der Waals surface area contributed by atoms with E-state index in [-0.39, 0.29) is 12.5 Å². The topological polar surface area (TPSA) is 49.3 Å². The Morgan fingerprint density at radius 2 is 1.95 bits per heavy atom. The molecule has 0 aliphatic rings. The molecule has 0 saturated carbocycles. The fourth-order valence-corrected chi connectivity index (χ4v) is 2.24. The van der Waals surface area contributed by atoms with E-state index in [9.17, 15) is 9.90 Å². The minimum absolute atomic E-state index is 0.161. The van der Waals surface area contributed by atoms with Gasteiger partial charge in [0.15, 0.2) is 0 Å². The average molecular weight is 290 g/mol. The molecule has 3 nitrogen and oxygen atoms in total. The van der Waals surface area contributed by atoms with Gasteiger partial charge in [0.2, 0.25) is 0 Å². The molecule has 1 amide bonds. The Bertz CT molecular complexity index is 578. The van der Waals surface area contributed by atoms with Gasteiger partial charge in [0.05, 0.1) is 6.10 Å². The highest BCUT2D eigenvalue weighted by Crippen LogP contribution is 2.15. The number of aliphatic hydroxyl groups excluding tert-OH is 1. The fraction of sp³-hybridized carbons (Fsp3) is 0.188. The summed E-state index contributed by atoms with van der Waals surface area (Å²) in [6, 6.07) is 14.4. The van der Waals surface area contributed by atoms with Crippen molar-refractivity contribution in [3.8, 4) is 0 Å². The molecule has 0 heterocycles. The second kappa shape index (κ2) is 6.55. The third-order valence-electron chi connectivity index (χ3n) is 2.94. The number of hydrogen-bond donors (Lipinski definition) is 2. The molecule has 2 N–H and O–H groups in total. The van der Waals surface area contributed by atoms with Crippen molar-refractivity contribution in [2.45, 2.75) is 13.0 Å². The summed E-state index contributed by atoms with van der Waals surface area (Å²) in [6.07, 6.45) is -0.722. The average Bonchev–Trinajstić information content (AvgIpc) is 2.44. The molecule has 0 fully saturated rings. The molecule has 2 aromatic rings. The Kier molecular flexibility index (Phi) is 4.77. The number of aliphatic hydroxyl groups is 1. The lowest BCUT2D eigenvalue weighted by Gasteiger charge is -2.12. The van der Waals surface area contributed by atoms with Gasteiger partial charge < -0.3 is 10.4 Å². The van der Waals surface area contributed by atoms with Crippen LogP contribution in [0.4, 0.5) is 0 Å². The lowest BCUT2D eigenvalue weighted by molar-refractivity contribution is 0.0916. The first-order chi connectivity index (χ1) is 9.56. The first kappa shape index (κ1) is 14.6. The van der Waals surface area contributed by atoms with Crippen LogP contribution in [0, 0.1) is 6.92 Å². The van der Waals surface area contributed by atoms with Crippen LogP contribution in [-0.4, -0.2) is 17.6 Å². The summed E-state index contributed by atoms with van der Waals surface area (Å²) in [6.45, 7) is 2.04. The van der Waals surface area contributed by atoms with Crippen LogP contribution in [0.5, 0.6) is 0 Å². The van der Waals surface area contributed by atoms with Gasteiger partial charge in [-0.15, -0.1) is 0 Å². The van der Waals surface area contributed by atoms with Crippen molar-refractivity contribution >= 4 is 17.5 Å². The van der Waals surface area contributed by atoms with Gasteiger partial charge in [-0.25, -0.2) is 0 Å². The predicted octanol–water partition coefficient (Wildman–Crippen LogP) is 3.11. The van der Waals surface area contributed by atoms with Gasteiger partial charge in [0.25, 0.3) is 5.91 Å². The number of rotatable bonds is 4. The molecule has 4 heteroatoms. The molecule has 20 heavy (non-hydrogen) atoms. The van der Waals surface area contributed by atoms with E-state index >= 15 is 0 Å². The van der Waals surface area contributed by atoms with Crippen LogP contribution in [0.1, 0.15) is 27.6 Å². The fourth-order valence-electron chi connectivity index (χ4n) is 1.95. The van der Waals surface area contributed by atoms with Gasteiger partial charge in [0.1, 0.15) is 0 Å².